The van der Waals surface area contributed by atoms with Crippen molar-refractivity contribution in [1.82, 2.24) is 19.5 Å². The average Bonchev–Trinajstić information content (AvgIpc) is 3.39. The van der Waals surface area contributed by atoms with E-state index >= 15 is 0 Å². The molecular weight excluding hydrogens is 518 g/mol. The number of nitrogens with one attached hydrogen (secondary N) is 1. The van der Waals surface area contributed by atoms with E-state index in [4.69, 9.17) is 22.4 Å². The monoisotopic (exact) mass is 565 g/mol. The Kier molecular flexibility index (Phi) is 8.73. The maximum absolute atomic E-state index is 7.34. The molecule has 0 radical (unpaired) electrons. The van der Waals surface area contributed by atoms with Crippen LogP contribution in [-0.2, 0) is 22.4 Å². The van der Waals surface area contributed by atoms with Gasteiger partial charge in [0.1, 0.15) is 24.6 Å². The quantitative estimate of drug-likeness (QED) is 0.415. The van der Waals surface area contributed by atoms with Crippen LogP contribution in [0.25, 0.3) is 11.2 Å². The molecule has 0 aliphatic carbocycles. The molecule has 2 aliphatic rings. The third kappa shape index (κ3) is 4.97. The number of fused-ring (bicyclic) bond motifs is 2. The third-order valence-corrected chi connectivity index (χ3v) is 18.2. The first-order valence-corrected chi connectivity index (χ1v) is 18.0. The summed E-state index contributed by atoms with van der Waals surface area (Å²) < 4.78 is 36.3. The van der Waals surface area contributed by atoms with Gasteiger partial charge in [0.15, 0.2) is 23.2 Å². The van der Waals surface area contributed by atoms with E-state index in [1.807, 2.05) is 4.57 Å². The number of imidazole rings is 1. The Balaban J connectivity index is 1.78. The van der Waals surface area contributed by atoms with Crippen LogP contribution in [0.15, 0.2) is 12.7 Å². The van der Waals surface area contributed by atoms with Crippen LogP contribution >= 0.6 is 0 Å². The Bertz CT molecular complexity index is 1080. The summed E-state index contributed by atoms with van der Waals surface area (Å²) in [5.74, 6) is 0.699. The van der Waals surface area contributed by atoms with Crippen molar-refractivity contribution in [2.75, 3.05) is 19.0 Å². The van der Waals surface area contributed by atoms with Gasteiger partial charge in [-0.25, -0.2) is 15.0 Å². The van der Waals surface area contributed by atoms with Crippen LogP contribution < -0.4 is 5.32 Å². The van der Waals surface area contributed by atoms with Crippen LogP contribution in [0.3, 0.4) is 0 Å². The van der Waals surface area contributed by atoms with Gasteiger partial charge in [-0.2, -0.15) is 0 Å². The third-order valence-electron chi connectivity index (χ3n) is 7.95. The SMILES string of the molecule is CO[C@H]1C2O[Si](C(C)C)(C(C)C)O[Si](C(C)C)(C(C)C)OC[C@H]2O[C@H]1n1cnc2c(NC(C)C)ncnc21. The highest BCUT2D eigenvalue weighted by Gasteiger charge is 2.62. The lowest BCUT2D eigenvalue weighted by atomic mass is 10.1. The number of rotatable bonds is 8. The zero-order valence-electron chi connectivity index (χ0n) is 24.9. The Hall–Kier alpha value is -1.42. The zero-order chi connectivity index (χ0) is 28.0. The molecule has 12 heteroatoms. The molecule has 0 amide bonds. The number of ether oxygens (including phenoxy) is 2. The van der Waals surface area contributed by atoms with Gasteiger partial charge >= 0.3 is 17.1 Å². The van der Waals surface area contributed by atoms with Crippen molar-refractivity contribution in [3.8, 4) is 0 Å². The molecule has 10 nitrogen and oxygen atoms in total. The molecule has 214 valence electrons. The second-order valence-electron chi connectivity index (χ2n) is 12.2. The van der Waals surface area contributed by atoms with Crippen molar-refractivity contribution in [2.24, 2.45) is 0 Å². The van der Waals surface area contributed by atoms with Crippen LogP contribution in [0.1, 0.15) is 75.5 Å². The molecule has 0 saturated carbocycles. The first-order valence-electron chi connectivity index (χ1n) is 14.0. The minimum atomic E-state index is -2.80. The van der Waals surface area contributed by atoms with Gasteiger partial charge in [0.25, 0.3) is 0 Å². The Morgan fingerprint density at radius 2 is 1.55 bits per heavy atom. The molecule has 2 saturated heterocycles. The summed E-state index contributed by atoms with van der Waals surface area (Å²) in [5.41, 5.74) is 2.36. The summed E-state index contributed by atoms with van der Waals surface area (Å²) in [6.45, 7) is 22.3. The predicted molar refractivity (Wildman–Crippen MR) is 153 cm³/mol. The van der Waals surface area contributed by atoms with E-state index in [-0.39, 0.29) is 40.4 Å². The zero-order valence-corrected chi connectivity index (χ0v) is 26.9. The molecule has 4 heterocycles. The molecule has 0 bridgehead atoms. The fraction of sp³-hybridized carbons (Fsp3) is 0.808. The molecular formula is C26H47N5O5Si2. The molecule has 38 heavy (non-hydrogen) atoms. The second-order valence-corrected chi connectivity index (χ2v) is 21.0. The summed E-state index contributed by atoms with van der Waals surface area (Å²) in [5, 5.41) is 3.36. The predicted octanol–water partition coefficient (Wildman–Crippen LogP) is 5.52. The van der Waals surface area contributed by atoms with E-state index in [0.29, 0.717) is 23.6 Å². The topological polar surface area (TPSA) is 102 Å². The first kappa shape index (κ1) is 29.6. The van der Waals surface area contributed by atoms with E-state index < -0.39 is 29.5 Å². The summed E-state index contributed by atoms with van der Waals surface area (Å²) in [4.78, 5) is 13.6. The molecule has 0 aromatic carbocycles. The van der Waals surface area contributed by atoms with Crippen molar-refractivity contribution in [1.29, 1.82) is 0 Å². The molecule has 4 atom stereocenters. The number of aromatic nitrogens is 4. The Labute approximate surface area is 229 Å². The number of anilines is 1. The lowest BCUT2D eigenvalue weighted by Gasteiger charge is -2.51. The molecule has 2 fully saturated rings. The van der Waals surface area contributed by atoms with Crippen LogP contribution in [0, 0.1) is 0 Å². The van der Waals surface area contributed by atoms with Gasteiger partial charge in [-0.1, -0.05) is 55.4 Å². The molecule has 2 aromatic rings. The molecule has 4 rings (SSSR count). The van der Waals surface area contributed by atoms with Gasteiger partial charge < -0.3 is 27.8 Å². The fourth-order valence-corrected chi connectivity index (χ4v) is 17.2. The smallest absolute Gasteiger partial charge is 0.335 e. The average molecular weight is 566 g/mol. The minimum Gasteiger partial charge on any atom is -0.414 e. The summed E-state index contributed by atoms with van der Waals surface area (Å²) in [6, 6.07) is 0.213. The van der Waals surface area contributed by atoms with Gasteiger partial charge in [-0.3, -0.25) is 4.57 Å². The van der Waals surface area contributed by atoms with E-state index in [1.54, 1.807) is 19.8 Å². The van der Waals surface area contributed by atoms with Gasteiger partial charge in [-0.05, 0) is 36.0 Å². The number of hydrogen-bond donors (Lipinski definition) is 1. The standard InChI is InChI=1S/C26H47N5O5Si2/c1-15(2)30-24-21-25(28-13-27-24)31(14-29-21)26-23(32-11)22-20(34-26)12-33-37(16(3)4,17(5)6)36-38(35-22,18(7)8)19(9)10/h13-20,22-23,26H,12H2,1-11H3,(H,27,28,30)/t20-,22?,23+,26-/m1/s1. The number of hydrogen-bond acceptors (Lipinski definition) is 9. The van der Waals surface area contributed by atoms with Gasteiger partial charge in [0, 0.05) is 13.2 Å². The van der Waals surface area contributed by atoms with E-state index in [1.165, 1.54) is 0 Å². The van der Waals surface area contributed by atoms with E-state index in [2.05, 4.69) is 89.5 Å². The maximum atomic E-state index is 7.34. The van der Waals surface area contributed by atoms with Crippen molar-refractivity contribution in [3.63, 3.8) is 0 Å². The maximum Gasteiger partial charge on any atom is 0.335 e. The van der Waals surface area contributed by atoms with E-state index in [0.717, 1.165) is 0 Å². The molecule has 2 aromatic heterocycles. The lowest BCUT2D eigenvalue weighted by Crippen LogP contribution is -2.65. The lowest BCUT2D eigenvalue weighted by molar-refractivity contribution is -0.0602. The highest BCUT2D eigenvalue weighted by atomic mass is 28.5. The van der Waals surface area contributed by atoms with Crippen LogP contribution in [-0.4, -0.2) is 74.7 Å². The number of nitrogens with zero attached hydrogens (tertiary/aromatic N) is 4. The normalized spacial score (nSPS) is 27.5. The highest BCUT2D eigenvalue weighted by molar-refractivity contribution is 6.84. The molecule has 0 spiro atoms. The largest absolute Gasteiger partial charge is 0.414 e. The second kappa shape index (κ2) is 11.2. The Morgan fingerprint density at radius 3 is 2.11 bits per heavy atom. The van der Waals surface area contributed by atoms with Crippen molar-refractivity contribution < 1.29 is 22.4 Å². The Morgan fingerprint density at radius 1 is 0.921 bits per heavy atom. The van der Waals surface area contributed by atoms with Gasteiger partial charge in [-0.15, -0.1) is 0 Å². The van der Waals surface area contributed by atoms with E-state index in [9.17, 15) is 0 Å². The summed E-state index contributed by atoms with van der Waals surface area (Å²) in [7, 11) is -3.75. The highest BCUT2D eigenvalue weighted by Crippen LogP contribution is 2.49. The summed E-state index contributed by atoms with van der Waals surface area (Å²) >= 11 is 0. The van der Waals surface area contributed by atoms with Gasteiger partial charge in [0.2, 0.25) is 0 Å². The van der Waals surface area contributed by atoms with Crippen LogP contribution in [0.4, 0.5) is 5.82 Å². The van der Waals surface area contributed by atoms with Crippen LogP contribution in [0.5, 0.6) is 0 Å². The van der Waals surface area contributed by atoms with Crippen molar-refractivity contribution in [3.05, 3.63) is 12.7 Å². The van der Waals surface area contributed by atoms with Crippen molar-refractivity contribution >= 4 is 34.1 Å². The summed E-state index contributed by atoms with van der Waals surface area (Å²) in [6.07, 6.45) is 1.78. The molecule has 1 unspecified atom stereocenters. The van der Waals surface area contributed by atoms with Crippen molar-refractivity contribution in [2.45, 2.75) is 122 Å². The number of methoxy groups -OCH3 is 1. The first-order chi connectivity index (χ1) is 17.9. The molecule has 1 N–H and O–H groups in total. The van der Waals surface area contributed by atoms with Gasteiger partial charge in [0.05, 0.1) is 12.9 Å². The minimum absolute atomic E-state index is 0.213. The fourth-order valence-electron chi connectivity index (χ4n) is 6.01. The van der Waals surface area contributed by atoms with Crippen LogP contribution in [0.2, 0.25) is 22.2 Å². The molecule has 2 aliphatic heterocycles.